The van der Waals surface area contributed by atoms with Crippen LogP contribution in [0.1, 0.15) is 123 Å². The molecule has 12 nitrogen and oxygen atoms in total. The molecule has 0 aromatic rings. The summed E-state index contributed by atoms with van der Waals surface area (Å²) in [5, 5.41) is 50.0. The Hall–Kier alpha value is -2.22. The Labute approximate surface area is 329 Å². The molecule has 55 heavy (non-hydrogen) atoms. The third kappa shape index (κ3) is 25.6. The van der Waals surface area contributed by atoms with Crippen molar-refractivity contribution in [2.45, 2.75) is 166 Å². The number of rotatable bonds is 32. The van der Waals surface area contributed by atoms with E-state index < -0.39 is 63.1 Å². The zero-order chi connectivity index (χ0) is 40.6. The minimum atomic E-state index is -5.04. The second-order valence-electron chi connectivity index (χ2n) is 13.7. The fourth-order valence-electron chi connectivity index (χ4n) is 5.56. The van der Waals surface area contributed by atoms with Crippen molar-refractivity contribution in [2.24, 2.45) is 0 Å². The molecule has 316 valence electrons. The predicted molar refractivity (Wildman–Crippen MR) is 216 cm³/mol. The maximum atomic E-state index is 12.8. The molecule has 0 amide bonds. The number of unbranched alkanes of at least 4 members (excludes halogenated alkanes) is 8. The van der Waals surface area contributed by atoms with E-state index in [4.69, 9.17) is 18.5 Å². The van der Waals surface area contributed by atoms with Gasteiger partial charge in [0.2, 0.25) is 0 Å². The van der Waals surface area contributed by atoms with E-state index >= 15 is 0 Å². The number of hydrogen-bond donors (Lipinski definition) is 6. The van der Waals surface area contributed by atoms with Crippen LogP contribution in [-0.4, -0.2) is 98.9 Å². The molecule has 1 saturated carbocycles. The molecule has 13 heteroatoms. The first-order chi connectivity index (χ1) is 26.5. The summed E-state index contributed by atoms with van der Waals surface area (Å²) in [6, 6.07) is 0. The number of esters is 1. The summed E-state index contributed by atoms with van der Waals surface area (Å²) in [4.78, 5) is 23.0. The molecule has 1 aliphatic rings. The van der Waals surface area contributed by atoms with E-state index in [9.17, 15) is 39.8 Å². The first kappa shape index (κ1) is 50.8. The lowest BCUT2D eigenvalue weighted by Gasteiger charge is -2.41. The Morgan fingerprint density at radius 3 is 1.64 bits per heavy atom. The van der Waals surface area contributed by atoms with Crippen molar-refractivity contribution < 1.29 is 58.3 Å². The van der Waals surface area contributed by atoms with Gasteiger partial charge in [-0.1, -0.05) is 125 Å². The molecule has 0 aromatic carbocycles. The first-order valence-corrected chi connectivity index (χ1v) is 21.8. The van der Waals surface area contributed by atoms with Crippen LogP contribution in [0.2, 0.25) is 0 Å². The van der Waals surface area contributed by atoms with Crippen molar-refractivity contribution in [3.63, 3.8) is 0 Å². The van der Waals surface area contributed by atoms with Crippen molar-refractivity contribution in [3.8, 4) is 0 Å². The van der Waals surface area contributed by atoms with E-state index in [1.54, 1.807) is 0 Å². The summed E-state index contributed by atoms with van der Waals surface area (Å²) in [5.41, 5.74) is 0. The number of aliphatic hydroxyl groups is 5. The van der Waals surface area contributed by atoms with Gasteiger partial charge in [-0.3, -0.25) is 13.8 Å². The molecule has 0 aromatic heterocycles. The third-order valence-electron chi connectivity index (χ3n) is 8.83. The summed E-state index contributed by atoms with van der Waals surface area (Å²) >= 11 is 0. The lowest BCUT2D eigenvalue weighted by Crippen LogP contribution is -2.64. The number of allylic oxidation sites excluding steroid dienone is 12. The van der Waals surface area contributed by atoms with E-state index in [0.29, 0.717) is 13.0 Å². The Morgan fingerprint density at radius 2 is 1.07 bits per heavy atom. The molecule has 1 rings (SSSR count). The molecule has 0 aliphatic heterocycles. The molecular formula is C42H71O12P. The molecule has 0 spiro atoms. The van der Waals surface area contributed by atoms with E-state index in [-0.39, 0.29) is 13.0 Å². The number of hydrogen-bond acceptors (Lipinski definition) is 11. The normalized spacial score (nSPS) is 24.0. The van der Waals surface area contributed by atoms with E-state index in [1.165, 1.54) is 12.8 Å². The summed E-state index contributed by atoms with van der Waals surface area (Å²) in [6.45, 7) is 3.96. The highest BCUT2D eigenvalue weighted by atomic mass is 31.2. The predicted octanol–water partition coefficient (Wildman–Crippen LogP) is 7.24. The van der Waals surface area contributed by atoms with Crippen molar-refractivity contribution in [2.75, 3.05) is 19.8 Å². The van der Waals surface area contributed by atoms with Gasteiger partial charge in [-0.25, -0.2) is 4.57 Å². The summed E-state index contributed by atoms with van der Waals surface area (Å²) in [5.74, 6) is -0.565. The zero-order valence-corrected chi connectivity index (χ0v) is 34.1. The smallest absolute Gasteiger partial charge is 0.457 e. The number of phosphoric ester groups is 1. The lowest BCUT2D eigenvalue weighted by atomic mass is 9.85. The standard InChI is InChI=1S/C42H71O12P/c1-3-5-7-9-11-13-15-17-18-20-22-24-26-28-30-32-51-33-35(34-52-55(49,50)54-42-40(47)38(45)37(44)39(46)41(42)48)53-36(43)31-29-27-25-23-21-19-16-14-12-10-8-6-4-2/h6,8-9,11-12,14-15,17,19,21,25,27,35,37-42,44-48H,3-5,7,10,13,16,18,20,22-24,26,28-34H2,1-2H3,(H,49,50)/b8-6-,11-9-,14-12-,17-15-,21-19-,27-25-. The van der Waals surface area contributed by atoms with Gasteiger partial charge in [0, 0.05) is 13.0 Å². The van der Waals surface area contributed by atoms with Crippen molar-refractivity contribution in [1.29, 1.82) is 0 Å². The SMILES string of the molecule is CC/C=C\C/C=C\C/C=C\C/C=C\CCC(=O)OC(COCCCCCCCC/C=C\C/C=C\CCCC)COP(=O)(O)OC1C(O)C(O)C(O)C(O)C1O. The number of ether oxygens (including phenoxy) is 2. The Morgan fingerprint density at radius 1 is 0.600 bits per heavy atom. The van der Waals surface area contributed by atoms with Crippen LogP contribution in [0.5, 0.6) is 0 Å². The van der Waals surface area contributed by atoms with Gasteiger partial charge in [0.05, 0.1) is 13.2 Å². The van der Waals surface area contributed by atoms with Gasteiger partial charge in [-0.15, -0.1) is 0 Å². The zero-order valence-electron chi connectivity index (χ0n) is 33.2. The molecule has 6 N–H and O–H groups in total. The molecule has 1 aliphatic carbocycles. The average Bonchev–Trinajstić information content (AvgIpc) is 3.17. The van der Waals surface area contributed by atoms with E-state index in [0.717, 1.165) is 83.5 Å². The largest absolute Gasteiger partial charge is 0.472 e. The fraction of sp³-hybridized carbons (Fsp3) is 0.690. The second-order valence-corrected chi connectivity index (χ2v) is 15.2. The van der Waals surface area contributed by atoms with Gasteiger partial charge in [0.15, 0.2) is 0 Å². The van der Waals surface area contributed by atoms with E-state index in [2.05, 4.69) is 68.5 Å². The molecule has 0 bridgehead atoms. The van der Waals surface area contributed by atoms with Gasteiger partial charge in [0.1, 0.15) is 42.7 Å². The van der Waals surface area contributed by atoms with Crippen molar-refractivity contribution in [1.82, 2.24) is 0 Å². The highest BCUT2D eigenvalue weighted by Crippen LogP contribution is 2.47. The third-order valence-corrected chi connectivity index (χ3v) is 9.81. The monoisotopic (exact) mass is 798 g/mol. The van der Waals surface area contributed by atoms with Crippen LogP contribution in [0.25, 0.3) is 0 Å². The molecule has 1 fully saturated rings. The molecule has 0 heterocycles. The van der Waals surface area contributed by atoms with Gasteiger partial charge in [-0.05, 0) is 64.2 Å². The van der Waals surface area contributed by atoms with Crippen LogP contribution in [0, 0.1) is 0 Å². The van der Waals surface area contributed by atoms with Crippen LogP contribution >= 0.6 is 7.82 Å². The van der Waals surface area contributed by atoms with Crippen LogP contribution < -0.4 is 0 Å². The number of carbonyl (C=O) groups is 1. The highest BCUT2D eigenvalue weighted by Gasteiger charge is 2.51. The molecule has 6 unspecified atom stereocenters. The van der Waals surface area contributed by atoms with Gasteiger partial charge >= 0.3 is 13.8 Å². The Kier molecular flexibility index (Phi) is 30.3. The van der Waals surface area contributed by atoms with Crippen molar-refractivity contribution in [3.05, 3.63) is 72.9 Å². The number of phosphoric acid groups is 1. The van der Waals surface area contributed by atoms with Crippen LogP contribution in [-0.2, 0) is 27.9 Å². The molecular weight excluding hydrogens is 727 g/mol. The number of carbonyl (C=O) groups excluding carboxylic acids is 1. The van der Waals surface area contributed by atoms with Crippen LogP contribution in [0.4, 0.5) is 0 Å². The molecule has 6 atom stereocenters. The average molecular weight is 799 g/mol. The van der Waals surface area contributed by atoms with E-state index in [1.807, 2.05) is 18.2 Å². The maximum absolute atomic E-state index is 12.8. The first-order valence-electron chi connectivity index (χ1n) is 20.3. The quantitative estimate of drug-likeness (QED) is 0.0173. The Balaban J connectivity index is 2.52. The fourth-order valence-corrected chi connectivity index (χ4v) is 6.53. The second kappa shape index (κ2) is 32.8. The van der Waals surface area contributed by atoms with Crippen molar-refractivity contribution >= 4 is 13.8 Å². The summed E-state index contributed by atoms with van der Waals surface area (Å²) in [6.07, 6.45) is 28.5. The van der Waals surface area contributed by atoms with Crippen LogP contribution in [0.3, 0.4) is 0 Å². The summed E-state index contributed by atoms with van der Waals surface area (Å²) < 4.78 is 33.9. The summed E-state index contributed by atoms with van der Waals surface area (Å²) in [7, 11) is -5.04. The molecule has 0 saturated heterocycles. The minimum absolute atomic E-state index is 0.0580. The minimum Gasteiger partial charge on any atom is -0.457 e. The highest BCUT2D eigenvalue weighted by molar-refractivity contribution is 7.47. The van der Waals surface area contributed by atoms with Gasteiger partial charge in [-0.2, -0.15) is 0 Å². The van der Waals surface area contributed by atoms with Crippen LogP contribution in [0.15, 0.2) is 72.9 Å². The number of aliphatic hydroxyl groups excluding tert-OH is 5. The molecule has 0 radical (unpaired) electrons. The Bertz CT molecular complexity index is 1180. The van der Waals surface area contributed by atoms with Gasteiger partial charge in [0.25, 0.3) is 0 Å². The maximum Gasteiger partial charge on any atom is 0.472 e. The van der Waals surface area contributed by atoms with Gasteiger partial charge < -0.3 is 39.9 Å². The topological polar surface area (TPSA) is 192 Å². The lowest BCUT2D eigenvalue weighted by molar-refractivity contribution is -0.220.